The third-order valence-corrected chi connectivity index (χ3v) is 3.60. The second-order valence-corrected chi connectivity index (χ2v) is 5.09. The summed E-state index contributed by atoms with van der Waals surface area (Å²) in [6, 6.07) is 10.3. The first kappa shape index (κ1) is 14.8. The van der Waals surface area contributed by atoms with E-state index in [0.717, 1.165) is 17.3 Å². The highest BCUT2D eigenvalue weighted by Gasteiger charge is 2.11. The molecule has 0 saturated carbocycles. The fraction of sp³-hybridized carbons (Fsp3) is 0.118. The number of benzene rings is 2. The number of nitrogens with zero attached hydrogens (tertiary/aromatic N) is 2. The van der Waals surface area contributed by atoms with Crippen molar-refractivity contribution >= 4 is 28.4 Å². The highest BCUT2D eigenvalue weighted by atomic mass is 16.4. The Morgan fingerprint density at radius 2 is 2.00 bits per heavy atom. The lowest BCUT2D eigenvalue weighted by Crippen LogP contribution is -1.99. The van der Waals surface area contributed by atoms with Gasteiger partial charge in [-0.3, -0.25) is 0 Å². The molecule has 0 atom stereocenters. The number of carboxylic acids is 1. The Morgan fingerprint density at radius 3 is 2.70 bits per heavy atom. The molecule has 3 rings (SSSR count). The molecule has 0 aliphatic carbocycles. The summed E-state index contributed by atoms with van der Waals surface area (Å²) >= 11 is 0. The number of nitrogens with one attached hydrogen (secondary N) is 1. The molecule has 23 heavy (non-hydrogen) atoms. The lowest BCUT2D eigenvalue weighted by Gasteiger charge is -2.10. The van der Waals surface area contributed by atoms with E-state index in [0.29, 0.717) is 11.5 Å². The van der Waals surface area contributed by atoms with Gasteiger partial charge >= 0.3 is 5.97 Å². The number of rotatable bonds is 4. The van der Waals surface area contributed by atoms with Crippen LogP contribution in [0, 0.1) is 0 Å². The summed E-state index contributed by atoms with van der Waals surface area (Å²) in [7, 11) is 0. The number of hydrogen-bond donors (Lipinski definition) is 3. The Bertz CT molecular complexity index is 893. The van der Waals surface area contributed by atoms with Crippen LogP contribution in [0.2, 0.25) is 0 Å². The smallest absolute Gasteiger partial charge is 0.339 e. The van der Waals surface area contributed by atoms with E-state index in [1.807, 2.05) is 18.2 Å². The van der Waals surface area contributed by atoms with Gasteiger partial charge in [-0.2, -0.15) is 0 Å². The van der Waals surface area contributed by atoms with Crippen molar-refractivity contribution in [1.29, 1.82) is 0 Å². The van der Waals surface area contributed by atoms with Gasteiger partial charge in [0, 0.05) is 17.1 Å². The number of carboxylic acid groups (broad SMARTS) is 1. The van der Waals surface area contributed by atoms with Gasteiger partial charge in [0.2, 0.25) is 0 Å². The van der Waals surface area contributed by atoms with E-state index in [1.54, 1.807) is 6.07 Å². The average Bonchev–Trinajstić information content (AvgIpc) is 2.54. The SMILES string of the molecule is CCc1ccc2ncnc(Nc3ccc(C(=O)O)c(O)c3)c2c1. The van der Waals surface area contributed by atoms with Crippen molar-refractivity contribution < 1.29 is 15.0 Å². The molecule has 0 amide bonds. The van der Waals surface area contributed by atoms with Gasteiger partial charge in [0.15, 0.2) is 0 Å². The normalized spacial score (nSPS) is 10.7. The molecule has 0 fully saturated rings. The van der Waals surface area contributed by atoms with Crippen molar-refractivity contribution in [2.24, 2.45) is 0 Å². The number of aromatic nitrogens is 2. The third-order valence-electron chi connectivity index (χ3n) is 3.60. The quantitative estimate of drug-likeness (QED) is 0.684. The Kier molecular flexibility index (Phi) is 3.80. The van der Waals surface area contributed by atoms with E-state index in [9.17, 15) is 9.90 Å². The van der Waals surface area contributed by atoms with Crippen molar-refractivity contribution in [1.82, 2.24) is 9.97 Å². The van der Waals surface area contributed by atoms with Crippen LogP contribution < -0.4 is 5.32 Å². The molecule has 116 valence electrons. The van der Waals surface area contributed by atoms with E-state index in [1.165, 1.54) is 24.0 Å². The van der Waals surface area contributed by atoms with Gasteiger partial charge in [0.05, 0.1) is 5.52 Å². The first-order valence-electron chi connectivity index (χ1n) is 7.15. The van der Waals surface area contributed by atoms with E-state index < -0.39 is 5.97 Å². The van der Waals surface area contributed by atoms with Gasteiger partial charge in [0.25, 0.3) is 0 Å². The molecule has 3 N–H and O–H groups in total. The maximum Gasteiger partial charge on any atom is 0.339 e. The molecular formula is C17H15N3O3. The molecule has 0 saturated heterocycles. The average molecular weight is 309 g/mol. The van der Waals surface area contributed by atoms with Crippen LogP contribution in [-0.4, -0.2) is 26.2 Å². The maximum absolute atomic E-state index is 10.9. The van der Waals surface area contributed by atoms with E-state index >= 15 is 0 Å². The Hall–Kier alpha value is -3.15. The van der Waals surface area contributed by atoms with Gasteiger partial charge in [-0.15, -0.1) is 0 Å². The zero-order chi connectivity index (χ0) is 16.4. The van der Waals surface area contributed by atoms with E-state index in [-0.39, 0.29) is 11.3 Å². The molecule has 0 aliphatic rings. The summed E-state index contributed by atoms with van der Waals surface area (Å²) in [5, 5.41) is 22.7. The highest BCUT2D eigenvalue weighted by molar-refractivity contribution is 5.93. The van der Waals surface area contributed by atoms with Crippen LogP contribution in [0.3, 0.4) is 0 Å². The molecule has 0 spiro atoms. The van der Waals surface area contributed by atoms with E-state index in [4.69, 9.17) is 5.11 Å². The zero-order valence-corrected chi connectivity index (χ0v) is 12.4. The fourth-order valence-corrected chi connectivity index (χ4v) is 2.35. The molecule has 2 aromatic carbocycles. The summed E-state index contributed by atoms with van der Waals surface area (Å²) in [6.45, 7) is 2.07. The van der Waals surface area contributed by atoms with Crippen molar-refractivity contribution in [2.45, 2.75) is 13.3 Å². The fourth-order valence-electron chi connectivity index (χ4n) is 2.35. The number of hydrogen-bond acceptors (Lipinski definition) is 5. The summed E-state index contributed by atoms with van der Waals surface area (Å²) in [6.07, 6.45) is 2.36. The molecular weight excluding hydrogens is 294 g/mol. The van der Waals surface area contributed by atoms with Crippen molar-refractivity contribution in [3.8, 4) is 5.75 Å². The Balaban J connectivity index is 2.01. The summed E-state index contributed by atoms with van der Waals surface area (Å²) in [4.78, 5) is 19.4. The summed E-state index contributed by atoms with van der Waals surface area (Å²) in [5.74, 6) is -0.864. The monoisotopic (exact) mass is 309 g/mol. The number of aromatic carboxylic acids is 1. The Labute approximate surface area is 132 Å². The number of aryl methyl sites for hydroxylation is 1. The minimum atomic E-state index is -1.17. The molecule has 0 radical (unpaired) electrons. The molecule has 6 heteroatoms. The molecule has 1 aromatic heterocycles. The number of fused-ring (bicyclic) bond motifs is 1. The van der Waals surface area contributed by atoms with Gasteiger partial charge in [-0.25, -0.2) is 14.8 Å². The van der Waals surface area contributed by atoms with E-state index in [2.05, 4.69) is 22.2 Å². The highest BCUT2D eigenvalue weighted by Crippen LogP contribution is 2.27. The maximum atomic E-state index is 10.9. The van der Waals surface area contributed by atoms with Gasteiger partial charge in [0.1, 0.15) is 23.5 Å². The zero-order valence-electron chi connectivity index (χ0n) is 12.4. The summed E-state index contributed by atoms with van der Waals surface area (Å²) in [5.41, 5.74) is 2.39. The van der Waals surface area contributed by atoms with Gasteiger partial charge in [-0.05, 0) is 36.2 Å². The lowest BCUT2D eigenvalue weighted by atomic mass is 10.1. The first-order chi connectivity index (χ1) is 11.1. The molecule has 0 unspecified atom stereocenters. The minimum Gasteiger partial charge on any atom is -0.507 e. The second-order valence-electron chi connectivity index (χ2n) is 5.09. The van der Waals surface area contributed by atoms with Crippen LogP contribution in [0.4, 0.5) is 11.5 Å². The molecule has 0 aliphatic heterocycles. The molecule has 0 bridgehead atoms. The van der Waals surface area contributed by atoms with Crippen LogP contribution in [0.15, 0.2) is 42.7 Å². The predicted octanol–water partition coefficient (Wildman–Crippen LogP) is 3.34. The minimum absolute atomic E-state index is 0.142. The summed E-state index contributed by atoms with van der Waals surface area (Å²) < 4.78 is 0. The van der Waals surface area contributed by atoms with Crippen molar-refractivity contribution in [3.05, 3.63) is 53.9 Å². The molecule has 6 nitrogen and oxygen atoms in total. The largest absolute Gasteiger partial charge is 0.507 e. The number of aromatic hydroxyl groups is 1. The van der Waals surface area contributed by atoms with Crippen LogP contribution in [0.1, 0.15) is 22.8 Å². The van der Waals surface area contributed by atoms with Crippen LogP contribution in [0.25, 0.3) is 10.9 Å². The van der Waals surface area contributed by atoms with Crippen LogP contribution in [-0.2, 0) is 6.42 Å². The molecule has 1 heterocycles. The van der Waals surface area contributed by atoms with Crippen LogP contribution in [0.5, 0.6) is 5.75 Å². The Morgan fingerprint density at radius 1 is 1.17 bits per heavy atom. The molecule has 3 aromatic rings. The van der Waals surface area contributed by atoms with Crippen molar-refractivity contribution in [3.63, 3.8) is 0 Å². The number of anilines is 2. The standard InChI is InChI=1S/C17H15N3O3/c1-2-10-3-6-14-13(7-10)16(19-9-18-14)20-11-4-5-12(17(22)23)15(21)8-11/h3-9,21H,2H2,1H3,(H,22,23)(H,18,19,20). The van der Waals surface area contributed by atoms with Gasteiger partial charge < -0.3 is 15.5 Å². The van der Waals surface area contributed by atoms with Gasteiger partial charge in [-0.1, -0.05) is 13.0 Å². The predicted molar refractivity (Wildman–Crippen MR) is 87.3 cm³/mol. The first-order valence-corrected chi connectivity index (χ1v) is 7.15. The topological polar surface area (TPSA) is 95.3 Å². The third kappa shape index (κ3) is 2.91. The number of carbonyl (C=O) groups is 1. The van der Waals surface area contributed by atoms with Crippen LogP contribution >= 0.6 is 0 Å². The second kappa shape index (κ2) is 5.92. The van der Waals surface area contributed by atoms with Crippen molar-refractivity contribution in [2.75, 3.05) is 5.32 Å². The number of phenols is 1. The lowest BCUT2D eigenvalue weighted by molar-refractivity contribution is 0.0694.